The Balaban J connectivity index is 1.32. The van der Waals surface area contributed by atoms with Crippen molar-refractivity contribution in [2.45, 2.75) is 70.7 Å². The van der Waals surface area contributed by atoms with E-state index >= 15 is 0 Å². The smallest absolute Gasteiger partial charge is 0.410 e. The third-order valence-electron chi connectivity index (χ3n) is 9.25. The number of hydrogen-bond acceptors (Lipinski definition) is 4. The first kappa shape index (κ1) is 31.8. The molecule has 2 amide bonds. The van der Waals surface area contributed by atoms with Crippen LogP contribution in [0.5, 0.6) is 0 Å². The molecule has 0 radical (unpaired) electrons. The molecule has 4 aromatic rings. The van der Waals surface area contributed by atoms with Gasteiger partial charge in [-0.25, -0.2) is 9.18 Å². The predicted octanol–water partition coefficient (Wildman–Crippen LogP) is 7.63. The van der Waals surface area contributed by atoms with Crippen LogP contribution in [-0.2, 0) is 27.4 Å². The van der Waals surface area contributed by atoms with Crippen molar-refractivity contribution in [2.24, 2.45) is 5.92 Å². The molecule has 0 bridgehead atoms. The van der Waals surface area contributed by atoms with Gasteiger partial charge in [0.15, 0.2) is 0 Å². The van der Waals surface area contributed by atoms with Crippen LogP contribution in [0.2, 0.25) is 0 Å². The minimum atomic E-state index is -0.424. The summed E-state index contributed by atoms with van der Waals surface area (Å²) in [5.41, 5.74) is 5.25. The van der Waals surface area contributed by atoms with Crippen LogP contribution in [-0.4, -0.2) is 65.3 Å². The number of piperidine rings is 1. The first-order valence-corrected chi connectivity index (χ1v) is 16.5. The number of para-hydroxylation sites is 1. The second-order valence-corrected chi connectivity index (χ2v) is 12.9. The van der Waals surface area contributed by atoms with E-state index in [1.807, 2.05) is 26.0 Å². The van der Waals surface area contributed by atoms with Crippen molar-refractivity contribution < 1.29 is 23.5 Å². The van der Waals surface area contributed by atoms with E-state index < -0.39 is 5.92 Å². The van der Waals surface area contributed by atoms with Crippen molar-refractivity contribution in [1.29, 1.82) is 0 Å². The Morgan fingerprint density at radius 2 is 1.76 bits per heavy atom. The SMILES string of the molecule is COCCCn1cc(CN(C(=O)[C@H]2CN(C(=O)OC(C)C)CC[C@@H]2c2cccc(-c3ccc(F)cc3)c2)C2CC2)c2ccccc21. The second-order valence-electron chi connectivity index (χ2n) is 12.9. The van der Waals surface area contributed by atoms with Crippen molar-refractivity contribution in [3.8, 4) is 11.1 Å². The average molecular weight is 626 g/mol. The summed E-state index contributed by atoms with van der Waals surface area (Å²) in [6.45, 7) is 6.56. The number of benzene rings is 3. The number of carbonyl (C=O) groups is 2. The van der Waals surface area contributed by atoms with Crippen LogP contribution in [0.1, 0.15) is 56.6 Å². The number of aryl methyl sites for hydroxylation is 1. The summed E-state index contributed by atoms with van der Waals surface area (Å²) in [4.78, 5) is 31.6. The van der Waals surface area contributed by atoms with Crippen LogP contribution < -0.4 is 0 Å². The number of aromatic nitrogens is 1. The Labute approximate surface area is 270 Å². The first-order chi connectivity index (χ1) is 22.3. The summed E-state index contributed by atoms with van der Waals surface area (Å²) in [5.74, 6) is -0.692. The zero-order valence-electron chi connectivity index (χ0n) is 27.0. The lowest BCUT2D eigenvalue weighted by atomic mass is 9.79. The van der Waals surface area contributed by atoms with Gasteiger partial charge in [0.05, 0.1) is 12.0 Å². The Hall–Kier alpha value is -4.17. The number of ether oxygens (including phenoxy) is 2. The molecule has 0 unspecified atom stereocenters. The molecule has 1 saturated carbocycles. The number of hydrogen-bond donors (Lipinski definition) is 0. The molecule has 1 saturated heterocycles. The van der Waals surface area contributed by atoms with Crippen LogP contribution in [0.25, 0.3) is 22.0 Å². The van der Waals surface area contributed by atoms with Gasteiger partial charge in [0.2, 0.25) is 5.91 Å². The summed E-state index contributed by atoms with van der Waals surface area (Å²) >= 11 is 0. The summed E-state index contributed by atoms with van der Waals surface area (Å²) in [7, 11) is 1.72. The number of likely N-dealkylation sites (tertiary alicyclic amines) is 1. The van der Waals surface area contributed by atoms with Crippen molar-refractivity contribution in [3.05, 3.63) is 95.9 Å². The lowest BCUT2D eigenvalue weighted by molar-refractivity contribution is -0.139. The molecule has 242 valence electrons. The van der Waals surface area contributed by atoms with E-state index in [9.17, 15) is 14.0 Å². The third kappa shape index (κ3) is 7.12. The Kier molecular flexibility index (Phi) is 9.73. The average Bonchev–Trinajstić information content (AvgIpc) is 3.85. The highest BCUT2D eigenvalue weighted by Gasteiger charge is 2.43. The normalized spacial score (nSPS) is 18.2. The predicted molar refractivity (Wildman–Crippen MR) is 178 cm³/mol. The maximum absolute atomic E-state index is 14.8. The zero-order chi connectivity index (χ0) is 32.2. The molecule has 6 rings (SSSR count). The molecule has 1 aromatic heterocycles. The lowest BCUT2D eigenvalue weighted by Crippen LogP contribution is -2.50. The van der Waals surface area contributed by atoms with E-state index in [1.54, 1.807) is 24.1 Å². The molecular weight excluding hydrogens is 581 g/mol. The van der Waals surface area contributed by atoms with Gasteiger partial charge in [-0.15, -0.1) is 0 Å². The van der Waals surface area contributed by atoms with Crippen molar-refractivity contribution in [3.63, 3.8) is 0 Å². The number of fused-ring (bicyclic) bond motifs is 1. The molecule has 7 nitrogen and oxygen atoms in total. The molecule has 2 fully saturated rings. The van der Waals surface area contributed by atoms with Gasteiger partial charge in [0.1, 0.15) is 5.82 Å². The molecule has 1 aliphatic heterocycles. The fourth-order valence-electron chi connectivity index (χ4n) is 6.82. The summed E-state index contributed by atoms with van der Waals surface area (Å²) in [5, 5.41) is 1.16. The molecule has 8 heteroatoms. The molecule has 3 aromatic carbocycles. The van der Waals surface area contributed by atoms with E-state index in [1.165, 1.54) is 12.1 Å². The Morgan fingerprint density at radius 1 is 0.978 bits per heavy atom. The number of rotatable bonds is 11. The minimum Gasteiger partial charge on any atom is -0.447 e. The highest BCUT2D eigenvalue weighted by Crippen LogP contribution is 2.39. The van der Waals surface area contributed by atoms with Gasteiger partial charge in [-0.1, -0.05) is 54.6 Å². The Morgan fingerprint density at radius 3 is 2.50 bits per heavy atom. The van der Waals surface area contributed by atoms with Gasteiger partial charge in [-0.05, 0) is 85.9 Å². The van der Waals surface area contributed by atoms with Crippen molar-refractivity contribution >= 4 is 22.9 Å². The van der Waals surface area contributed by atoms with Crippen LogP contribution in [0.4, 0.5) is 9.18 Å². The van der Waals surface area contributed by atoms with Gasteiger partial charge in [-0.2, -0.15) is 0 Å². The summed E-state index contributed by atoms with van der Waals surface area (Å²) < 4.78 is 26.8. The topological polar surface area (TPSA) is 64.0 Å². The number of amides is 2. The van der Waals surface area contributed by atoms with Gasteiger partial charge in [-0.3, -0.25) is 4.79 Å². The van der Waals surface area contributed by atoms with E-state index in [0.717, 1.165) is 59.0 Å². The number of halogens is 1. The lowest BCUT2D eigenvalue weighted by Gasteiger charge is -2.40. The Bertz CT molecular complexity index is 1660. The van der Waals surface area contributed by atoms with E-state index in [4.69, 9.17) is 9.47 Å². The standard InChI is InChI=1S/C38H44FN3O4/c1-26(2)46-38(44)41-20-18-33(29-9-6-8-28(22-29)27-12-14-31(39)15-13-27)35(25-41)37(43)42(32-16-17-32)24-30-23-40(19-7-21-45-3)36-11-5-4-10-34(30)36/h4-6,8-15,22-23,26,32-33,35H,7,16-21,24-25H2,1-3H3/t33-,35+/m1/s1. The second kappa shape index (κ2) is 14.1. The van der Waals surface area contributed by atoms with Gasteiger partial charge >= 0.3 is 6.09 Å². The molecule has 46 heavy (non-hydrogen) atoms. The molecule has 0 spiro atoms. The molecular formula is C38H44FN3O4. The highest BCUT2D eigenvalue weighted by atomic mass is 19.1. The summed E-state index contributed by atoms with van der Waals surface area (Å²) in [6, 6.07) is 23.3. The maximum atomic E-state index is 14.8. The van der Waals surface area contributed by atoms with Gasteiger partial charge < -0.3 is 23.8 Å². The fraction of sp³-hybridized carbons (Fsp3) is 0.421. The molecule has 2 atom stereocenters. The van der Waals surface area contributed by atoms with Gasteiger partial charge in [0, 0.05) is 63.0 Å². The quantitative estimate of drug-likeness (QED) is 0.161. The van der Waals surface area contributed by atoms with Crippen LogP contribution in [0, 0.1) is 11.7 Å². The van der Waals surface area contributed by atoms with E-state index in [-0.39, 0.29) is 35.9 Å². The van der Waals surface area contributed by atoms with E-state index in [0.29, 0.717) is 32.7 Å². The molecule has 2 aliphatic rings. The molecule has 2 heterocycles. The zero-order valence-corrected chi connectivity index (χ0v) is 27.0. The largest absolute Gasteiger partial charge is 0.447 e. The van der Waals surface area contributed by atoms with Crippen molar-refractivity contribution in [1.82, 2.24) is 14.4 Å². The highest BCUT2D eigenvalue weighted by molar-refractivity contribution is 5.86. The number of nitrogens with zero attached hydrogens (tertiary/aromatic N) is 3. The number of carbonyl (C=O) groups excluding carboxylic acids is 2. The molecule has 1 aliphatic carbocycles. The van der Waals surface area contributed by atoms with Crippen LogP contribution in [0.3, 0.4) is 0 Å². The first-order valence-electron chi connectivity index (χ1n) is 16.5. The summed E-state index contributed by atoms with van der Waals surface area (Å²) in [6.07, 6.45) is 5.10. The van der Waals surface area contributed by atoms with E-state index in [2.05, 4.69) is 52.1 Å². The monoisotopic (exact) mass is 625 g/mol. The molecule has 0 N–H and O–H groups in total. The van der Waals surface area contributed by atoms with Gasteiger partial charge in [0.25, 0.3) is 0 Å². The number of methoxy groups -OCH3 is 1. The van der Waals surface area contributed by atoms with Crippen LogP contribution in [0.15, 0.2) is 79.0 Å². The van der Waals surface area contributed by atoms with Crippen LogP contribution >= 0.6 is 0 Å². The third-order valence-corrected chi connectivity index (χ3v) is 9.25. The minimum absolute atomic E-state index is 0.0763. The van der Waals surface area contributed by atoms with Crippen molar-refractivity contribution in [2.75, 3.05) is 26.8 Å². The maximum Gasteiger partial charge on any atom is 0.410 e. The fourth-order valence-corrected chi connectivity index (χ4v) is 6.82.